The number of carbonyl (C=O) groups is 1. The van der Waals surface area contributed by atoms with Crippen LogP contribution in [-0.2, 0) is 0 Å². The van der Waals surface area contributed by atoms with Crippen molar-refractivity contribution in [3.63, 3.8) is 0 Å². The Morgan fingerprint density at radius 3 is 2.62 bits per heavy atom. The number of carbonyl (C=O) groups excluding carboxylic acids is 1. The van der Waals surface area contributed by atoms with Gasteiger partial charge in [-0.05, 0) is 31.9 Å². The molecule has 0 radical (unpaired) electrons. The van der Waals surface area contributed by atoms with Crippen LogP contribution in [0.25, 0.3) is 11.0 Å². The van der Waals surface area contributed by atoms with E-state index in [1.807, 2.05) is 32.9 Å². The first-order valence-corrected chi connectivity index (χ1v) is 6.84. The highest BCUT2D eigenvalue weighted by atomic mass is 16.3. The van der Waals surface area contributed by atoms with Gasteiger partial charge in [0.25, 0.3) is 5.91 Å². The molecular formula is C17H19NO3. The van der Waals surface area contributed by atoms with Crippen molar-refractivity contribution in [2.75, 3.05) is 6.61 Å². The molecule has 0 bridgehead atoms. The zero-order chi connectivity index (χ0) is 15.6. The van der Waals surface area contributed by atoms with Gasteiger partial charge in [-0.25, -0.2) is 0 Å². The molecule has 0 saturated carbocycles. The lowest BCUT2D eigenvalue weighted by Gasteiger charge is -2.12. The van der Waals surface area contributed by atoms with Crippen LogP contribution >= 0.6 is 0 Å². The van der Waals surface area contributed by atoms with Crippen LogP contribution in [0.4, 0.5) is 0 Å². The van der Waals surface area contributed by atoms with Gasteiger partial charge in [-0.3, -0.25) is 4.79 Å². The standard InChI is InChI=1S/C17H19NO3/c1-5-6-13(9-19)18-17(20)16-12(4)14-10(2)7-8-11(3)15(14)21-16/h1,7-8,13,19H,6,9H2,2-4H3,(H,18,20)/t13-/m1/s1. The van der Waals surface area contributed by atoms with Gasteiger partial charge in [0.1, 0.15) is 5.58 Å². The summed E-state index contributed by atoms with van der Waals surface area (Å²) in [5.41, 5.74) is 3.59. The van der Waals surface area contributed by atoms with Crippen molar-refractivity contribution >= 4 is 16.9 Å². The molecule has 2 rings (SSSR count). The largest absolute Gasteiger partial charge is 0.450 e. The van der Waals surface area contributed by atoms with Crippen LogP contribution in [0.15, 0.2) is 16.5 Å². The molecule has 110 valence electrons. The van der Waals surface area contributed by atoms with Crippen LogP contribution in [0.2, 0.25) is 0 Å². The fourth-order valence-electron chi connectivity index (χ4n) is 2.45. The first-order chi connectivity index (χ1) is 9.99. The molecule has 0 saturated heterocycles. The number of hydrogen-bond acceptors (Lipinski definition) is 3. The monoisotopic (exact) mass is 285 g/mol. The number of hydrogen-bond donors (Lipinski definition) is 2. The predicted octanol–water partition coefficient (Wildman–Crippen LogP) is 2.47. The summed E-state index contributed by atoms with van der Waals surface area (Å²) in [6, 6.07) is 3.52. The summed E-state index contributed by atoms with van der Waals surface area (Å²) in [6.07, 6.45) is 5.49. The van der Waals surface area contributed by atoms with Crippen LogP contribution in [0, 0.1) is 33.1 Å². The van der Waals surface area contributed by atoms with Gasteiger partial charge < -0.3 is 14.8 Å². The first-order valence-electron chi connectivity index (χ1n) is 6.84. The maximum atomic E-state index is 12.3. The molecule has 0 aliphatic carbocycles. The molecule has 0 fully saturated rings. The van der Waals surface area contributed by atoms with Crippen LogP contribution in [0.3, 0.4) is 0 Å². The van der Waals surface area contributed by atoms with Crippen molar-refractivity contribution in [1.29, 1.82) is 0 Å². The van der Waals surface area contributed by atoms with E-state index in [-0.39, 0.29) is 24.7 Å². The molecule has 4 nitrogen and oxygen atoms in total. The summed E-state index contributed by atoms with van der Waals surface area (Å²) in [6.45, 7) is 5.59. The topological polar surface area (TPSA) is 62.5 Å². The number of aryl methyl sites for hydroxylation is 3. The van der Waals surface area contributed by atoms with Gasteiger partial charge in [0.05, 0.1) is 12.6 Å². The van der Waals surface area contributed by atoms with Gasteiger partial charge in [0.15, 0.2) is 5.76 Å². The molecular weight excluding hydrogens is 266 g/mol. The fourth-order valence-corrected chi connectivity index (χ4v) is 2.45. The highest BCUT2D eigenvalue weighted by Gasteiger charge is 2.21. The summed E-state index contributed by atoms with van der Waals surface area (Å²) >= 11 is 0. The lowest BCUT2D eigenvalue weighted by molar-refractivity contribution is 0.0891. The van der Waals surface area contributed by atoms with Gasteiger partial charge in [-0.1, -0.05) is 12.1 Å². The maximum Gasteiger partial charge on any atom is 0.287 e. The minimum Gasteiger partial charge on any atom is -0.450 e. The average molecular weight is 285 g/mol. The van der Waals surface area contributed by atoms with E-state index in [0.29, 0.717) is 0 Å². The smallest absolute Gasteiger partial charge is 0.287 e. The molecule has 21 heavy (non-hydrogen) atoms. The average Bonchev–Trinajstić information content (AvgIpc) is 2.81. The second-order valence-electron chi connectivity index (χ2n) is 5.22. The van der Waals surface area contributed by atoms with E-state index >= 15 is 0 Å². The Kier molecular flexibility index (Phi) is 4.35. The summed E-state index contributed by atoms with van der Waals surface area (Å²) < 4.78 is 5.75. The quantitative estimate of drug-likeness (QED) is 0.848. The van der Waals surface area contributed by atoms with Crippen molar-refractivity contribution in [3.05, 3.63) is 34.6 Å². The molecule has 4 heteroatoms. The van der Waals surface area contributed by atoms with Crippen LogP contribution in [0.5, 0.6) is 0 Å². The lowest BCUT2D eigenvalue weighted by atomic mass is 10.0. The number of aliphatic hydroxyl groups is 1. The molecule has 0 spiro atoms. The van der Waals surface area contributed by atoms with Crippen LogP contribution < -0.4 is 5.32 Å². The summed E-state index contributed by atoms with van der Waals surface area (Å²) in [5, 5.41) is 12.9. The van der Waals surface area contributed by atoms with Crippen molar-refractivity contribution < 1.29 is 14.3 Å². The van der Waals surface area contributed by atoms with E-state index in [9.17, 15) is 9.90 Å². The number of furan rings is 1. The van der Waals surface area contributed by atoms with Crippen molar-refractivity contribution in [3.8, 4) is 12.3 Å². The third kappa shape index (κ3) is 2.79. The lowest BCUT2D eigenvalue weighted by Crippen LogP contribution is -2.37. The number of terminal acetylenes is 1. The second kappa shape index (κ2) is 6.02. The number of aliphatic hydroxyl groups excluding tert-OH is 1. The van der Waals surface area contributed by atoms with Crippen molar-refractivity contribution in [2.45, 2.75) is 33.2 Å². The maximum absolute atomic E-state index is 12.3. The number of benzene rings is 1. The Morgan fingerprint density at radius 1 is 1.38 bits per heavy atom. The zero-order valence-electron chi connectivity index (χ0n) is 12.5. The Hall–Kier alpha value is -2.25. The molecule has 1 aromatic carbocycles. The van der Waals surface area contributed by atoms with Gasteiger partial charge in [0.2, 0.25) is 0 Å². The number of rotatable bonds is 4. The van der Waals surface area contributed by atoms with E-state index in [4.69, 9.17) is 10.8 Å². The number of nitrogens with one attached hydrogen (secondary N) is 1. The van der Waals surface area contributed by atoms with Crippen molar-refractivity contribution in [2.24, 2.45) is 0 Å². The van der Waals surface area contributed by atoms with Gasteiger partial charge in [-0.15, -0.1) is 12.3 Å². The fraction of sp³-hybridized carbons (Fsp3) is 0.353. The van der Waals surface area contributed by atoms with E-state index in [1.165, 1.54) is 0 Å². The normalized spacial score (nSPS) is 12.1. The van der Waals surface area contributed by atoms with E-state index in [2.05, 4.69) is 11.2 Å². The Labute approximate surface area is 124 Å². The van der Waals surface area contributed by atoms with Gasteiger partial charge in [-0.2, -0.15) is 0 Å². The molecule has 1 aromatic heterocycles. The second-order valence-corrected chi connectivity index (χ2v) is 5.22. The molecule has 1 heterocycles. The van der Waals surface area contributed by atoms with E-state index < -0.39 is 6.04 Å². The number of amides is 1. The first kappa shape index (κ1) is 15.1. The summed E-state index contributed by atoms with van der Waals surface area (Å²) in [4.78, 5) is 12.3. The predicted molar refractivity (Wildman–Crippen MR) is 82.2 cm³/mol. The highest BCUT2D eigenvalue weighted by Crippen LogP contribution is 2.30. The minimum absolute atomic E-state index is 0.201. The third-order valence-electron chi connectivity index (χ3n) is 3.61. The number of fused-ring (bicyclic) bond motifs is 1. The summed E-state index contributed by atoms with van der Waals surface area (Å²) in [5.74, 6) is 2.36. The van der Waals surface area contributed by atoms with Crippen LogP contribution in [-0.4, -0.2) is 23.7 Å². The molecule has 0 aliphatic rings. The highest BCUT2D eigenvalue weighted by molar-refractivity contribution is 6.00. The van der Waals surface area contributed by atoms with Crippen molar-refractivity contribution in [1.82, 2.24) is 5.32 Å². The van der Waals surface area contributed by atoms with Gasteiger partial charge in [0, 0.05) is 17.4 Å². The molecule has 2 N–H and O–H groups in total. The molecule has 2 aromatic rings. The Bertz CT molecular complexity index is 722. The molecule has 1 amide bonds. The summed E-state index contributed by atoms with van der Waals surface area (Å²) in [7, 11) is 0. The van der Waals surface area contributed by atoms with E-state index in [1.54, 1.807) is 0 Å². The molecule has 0 aliphatic heterocycles. The minimum atomic E-state index is -0.461. The third-order valence-corrected chi connectivity index (χ3v) is 3.61. The zero-order valence-corrected chi connectivity index (χ0v) is 12.5. The molecule has 1 atom stereocenters. The van der Waals surface area contributed by atoms with E-state index in [0.717, 1.165) is 27.7 Å². The Balaban J connectivity index is 2.41. The van der Waals surface area contributed by atoms with Crippen LogP contribution in [0.1, 0.15) is 33.7 Å². The SMILES string of the molecule is C#CC[C@H](CO)NC(=O)c1oc2c(C)ccc(C)c2c1C. The van der Waals surface area contributed by atoms with Gasteiger partial charge >= 0.3 is 0 Å². The molecule has 0 unspecified atom stereocenters. The Morgan fingerprint density at radius 2 is 2.05 bits per heavy atom.